The second-order valence-corrected chi connectivity index (χ2v) is 3.53. The highest BCUT2D eigenvalue weighted by molar-refractivity contribution is 5.88. The number of esters is 1. The molecule has 2 N–H and O–H groups in total. The van der Waals surface area contributed by atoms with E-state index in [9.17, 15) is 4.79 Å². The van der Waals surface area contributed by atoms with Gasteiger partial charge in [-0.25, -0.2) is 4.79 Å². The number of aromatic amines is 1. The molecule has 0 amide bonds. The minimum atomic E-state index is -0.351. The van der Waals surface area contributed by atoms with Gasteiger partial charge in [-0.1, -0.05) is 13.8 Å². The number of ether oxygens (including phenoxy) is 1. The third-order valence-corrected chi connectivity index (χ3v) is 1.90. The standard InChI is InChI=1S/C10H17N3O2/c1-4-15-10(14)9-8(6-12-13-9)5-11-7(2)3/h6-7,11H,4-5H2,1-3H3,(H,12,13). The lowest BCUT2D eigenvalue weighted by Gasteiger charge is -2.07. The molecule has 1 rings (SSSR count). The van der Waals surface area contributed by atoms with E-state index in [1.54, 1.807) is 13.1 Å². The summed E-state index contributed by atoms with van der Waals surface area (Å²) in [5, 5.41) is 9.70. The minimum absolute atomic E-state index is 0.351. The molecule has 15 heavy (non-hydrogen) atoms. The van der Waals surface area contributed by atoms with Gasteiger partial charge in [-0.05, 0) is 6.92 Å². The van der Waals surface area contributed by atoms with Crippen LogP contribution in [-0.2, 0) is 11.3 Å². The summed E-state index contributed by atoms with van der Waals surface area (Å²) in [4.78, 5) is 11.5. The molecule has 0 saturated carbocycles. The van der Waals surface area contributed by atoms with Crippen LogP contribution in [0.5, 0.6) is 0 Å². The zero-order valence-corrected chi connectivity index (χ0v) is 9.33. The van der Waals surface area contributed by atoms with E-state index in [1.165, 1.54) is 0 Å². The Hall–Kier alpha value is -1.36. The lowest BCUT2D eigenvalue weighted by molar-refractivity contribution is 0.0518. The second kappa shape index (κ2) is 5.50. The van der Waals surface area contributed by atoms with Gasteiger partial charge in [-0.3, -0.25) is 5.10 Å². The number of hydrogen-bond acceptors (Lipinski definition) is 4. The predicted molar refractivity (Wildman–Crippen MR) is 56.5 cm³/mol. The molecule has 0 aliphatic heterocycles. The summed E-state index contributed by atoms with van der Waals surface area (Å²) in [6.45, 7) is 6.85. The van der Waals surface area contributed by atoms with Crippen molar-refractivity contribution in [3.05, 3.63) is 17.5 Å². The van der Waals surface area contributed by atoms with Crippen molar-refractivity contribution in [1.82, 2.24) is 15.5 Å². The number of nitrogens with zero attached hydrogens (tertiary/aromatic N) is 1. The first-order valence-corrected chi connectivity index (χ1v) is 5.07. The molecule has 0 aromatic carbocycles. The normalized spacial score (nSPS) is 10.7. The van der Waals surface area contributed by atoms with Gasteiger partial charge in [0.15, 0.2) is 0 Å². The van der Waals surface area contributed by atoms with Crippen molar-refractivity contribution in [3.63, 3.8) is 0 Å². The molecule has 0 bridgehead atoms. The van der Waals surface area contributed by atoms with Gasteiger partial charge >= 0.3 is 5.97 Å². The van der Waals surface area contributed by atoms with Crippen LogP contribution < -0.4 is 5.32 Å². The Labute approximate surface area is 89.2 Å². The van der Waals surface area contributed by atoms with E-state index in [0.29, 0.717) is 24.9 Å². The molecule has 0 aliphatic carbocycles. The topological polar surface area (TPSA) is 67.0 Å². The highest BCUT2D eigenvalue weighted by Crippen LogP contribution is 2.06. The van der Waals surface area contributed by atoms with E-state index >= 15 is 0 Å². The highest BCUT2D eigenvalue weighted by atomic mass is 16.5. The van der Waals surface area contributed by atoms with E-state index in [1.807, 2.05) is 13.8 Å². The quantitative estimate of drug-likeness (QED) is 0.715. The molecule has 0 atom stereocenters. The Kier molecular flexibility index (Phi) is 4.30. The van der Waals surface area contributed by atoms with E-state index in [2.05, 4.69) is 15.5 Å². The summed E-state index contributed by atoms with van der Waals surface area (Å²) in [7, 11) is 0. The molecule has 1 aromatic rings. The molecule has 0 aliphatic rings. The Bertz CT molecular complexity index is 320. The van der Waals surface area contributed by atoms with Gasteiger partial charge in [-0.2, -0.15) is 5.10 Å². The average Bonchev–Trinajstić information content (AvgIpc) is 2.62. The number of carbonyl (C=O) groups excluding carboxylic acids is 1. The maximum absolute atomic E-state index is 11.5. The molecular weight excluding hydrogens is 194 g/mol. The Balaban J connectivity index is 2.64. The largest absolute Gasteiger partial charge is 0.461 e. The van der Waals surface area contributed by atoms with Crippen molar-refractivity contribution >= 4 is 5.97 Å². The molecule has 84 valence electrons. The van der Waals surface area contributed by atoms with Crippen LogP contribution in [0.4, 0.5) is 0 Å². The number of H-pyrrole nitrogens is 1. The fourth-order valence-electron chi connectivity index (χ4n) is 1.14. The SMILES string of the molecule is CCOC(=O)c1[nH]ncc1CNC(C)C. The van der Waals surface area contributed by atoms with E-state index in [0.717, 1.165) is 5.56 Å². The summed E-state index contributed by atoms with van der Waals surface area (Å²) >= 11 is 0. The van der Waals surface area contributed by atoms with Crippen LogP contribution >= 0.6 is 0 Å². The molecule has 0 saturated heterocycles. The fourth-order valence-corrected chi connectivity index (χ4v) is 1.14. The molecule has 0 fully saturated rings. The summed E-state index contributed by atoms with van der Waals surface area (Å²) in [5.41, 5.74) is 1.27. The van der Waals surface area contributed by atoms with Gasteiger partial charge < -0.3 is 10.1 Å². The van der Waals surface area contributed by atoms with Crippen molar-refractivity contribution in [2.75, 3.05) is 6.61 Å². The number of hydrogen-bond donors (Lipinski definition) is 2. The van der Waals surface area contributed by atoms with E-state index in [-0.39, 0.29) is 5.97 Å². The lowest BCUT2D eigenvalue weighted by atomic mass is 10.2. The molecule has 5 heteroatoms. The lowest BCUT2D eigenvalue weighted by Crippen LogP contribution is -2.23. The van der Waals surface area contributed by atoms with Crippen LogP contribution in [0.25, 0.3) is 0 Å². The third-order valence-electron chi connectivity index (χ3n) is 1.90. The predicted octanol–water partition coefficient (Wildman–Crippen LogP) is 1.08. The minimum Gasteiger partial charge on any atom is -0.461 e. The molecule has 0 spiro atoms. The average molecular weight is 211 g/mol. The number of aromatic nitrogens is 2. The van der Waals surface area contributed by atoms with Gasteiger partial charge in [0.2, 0.25) is 0 Å². The number of carbonyl (C=O) groups is 1. The summed E-state index contributed by atoms with van der Waals surface area (Å²) < 4.78 is 4.90. The zero-order chi connectivity index (χ0) is 11.3. The van der Waals surface area contributed by atoms with Gasteiger partial charge in [0, 0.05) is 18.2 Å². The summed E-state index contributed by atoms with van der Waals surface area (Å²) in [5.74, 6) is -0.351. The van der Waals surface area contributed by atoms with Crippen molar-refractivity contribution in [1.29, 1.82) is 0 Å². The van der Waals surface area contributed by atoms with Crippen molar-refractivity contribution in [2.45, 2.75) is 33.4 Å². The van der Waals surface area contributed by atoms with Crippen LogP contribution in [0.3, 0.4) is 0 Å². The highest BCUT2D eigenvalue weighted by Gasteiger charge is 2.14. The zero-order valence-electron chi connectivity index (χ0n) is 9.33. The molecular formula is C10H17N3O2. The van der Waals surface area contributed by atoms with Crippen molar-refractivity contribution in [2.24, 2.45) is 0 Å². The Morgan fingerprint density at radius 2 is 2.40 bits per heavy atom. The smallest absolute Gasteiger partial charge is 0.356 e. The monoisotopic (exact) mass is 211 g/mol. The van der Waals surface area contributed by atoms with Crippen LogP contribution in [0.1, 0.15) is 36.8 Å². The van der Waals surface area contributed by atoms with Gasteiger partial charge in [0.05, 0.1) is 12.8 Å². The number of nitrogens with one attached hydrogen (secondary N) is 2. The first-order valence-electron chi connectivity index (χ1n) is 5.07. The van der Waals surface area contributed by atoms with Gasteiger partial charge in [-0.15, -0.1) is 0 Å². The molecule has 0 unspecified atom stereocenters. The molecule has 5 nitrogen and oxygen atoms in total. The number of rotatable bonds is 5. The molecule has 1 heterocycles. The first-order chi connectivity index (χ1) is 7.15. The van der Waals surface area contributed by atoms with E-state index < -0.39 is 0 Å². The van der Waals surface area contributed by atoms with Gasteiger partial charge in [0.25, 0.3) is 0 Å². The second-order valence-electron chi connectivity index (χ2n) is 3.53. The van der Waals surface area contributed by atoms with E-state index in [4.69, 9.17) is 4.74 Å². The third kappa shape index (κ3) is 3.36. The van der Waals surface area contributed by atoms with Gasteiger partial charge in [0.1, 0.15) is 5.69 Å². The van der Waals surface area contributed by atoms with Crippen LogP contribution in [0.15, 0.2) is 6.20 Å². The molecule has 0 radical (unpaired) electrons. The summed E-state index contributed by atoms with van der Waals surface area (Å²) in [6.07, 6.45) is 1.64. The van der Waals surface area contributed by atoms with Crippen LogP contribution in [0, 0.1) is 0 Å². The van der Waals surface area contributed by atoms with Crippen LogP contribution in [-0.4, -0.2) is 28.8 Å². The fraction of sp³-hybridized carbons (Fsp3) is 0.600. The van der Waals surface area contributed by atoms with Crippen molar-refractivity contribution < 1.29 is 9.53 Å². The van der Waals surface area contributed by atoms with Crippen molar-refractivity contribution in [3.8, 4) is 0 Å². The van der Waals surface area contributed by atoms with Crippen LogP contribution in [0.2, 0.25) is 0 Å². The summed E-state index contributed by atoms with van der Waals surface area (Å²) in [6, 6.07) is 0.370. The molecule has 1 aromatic heterocycles. The Morgan fingerprint density at radius 1 is 1.67 bits per heavy atom. The first kappa shape index (κ1) is 11.7. The maximum atomic E-state index is 11.5. The Morgan fingerprint density at radius 3 is 3.00 bits per heavy atom. The maximum Gasteiger partial charge on any atom is 0.356 e.